The van der Waals surface area contributed by atoms with Crippen molar-refractivity contribution in [1.29, 1.82) is 0 Å². The van der Waals surface area contributed by atoms with Crippen LogP contribution in [0.5, 0.6) is 0 Å². The fourth-order valence-corrected chi connectivity index (χ4v) is 4.36. The van der Waals surface area contributed by atoms with Gasteiger partial charge in [0.25, 0.3) is 11.8 Å². The lowest BCUT2D eigenvalue weighted by Gasteiger charge is -2.25. The maximum atomic E-state index is 12.9. The van der Waals surface area contributed by atoms with Crippen molar-refractivity contribution in [1.82, 2.24) is 26.3 Å². The summed E-state index contributed by atoms with van der Waals surface area (Å²) in [5, 5.41) is 11.7. The highest BCUT2D eigenvalue weighted by molar-refractivity contribution is 6.04. The van der Waals surface area contributed by atoms with E-state index in [-0.39, 0.29) is 11.8 Å². The second kappa shape index (κ2) is 10.2. The Morgan fingerprint density at radius 3 is 2.56 bits per heavy atom. The fourth-order valence-electron chi connectivity index (χ4n) is 4.36. The van der Waals surface area contributed by atoms with E-state index in [1.54, 1.807) is 36.4 Å². The number of hydrogen-bond acceptors (Lipinski definition) is 7. The average Bonchev–Trinajstić information content (AvgIpc) is 3.33. The van der Waals surface area contributed by atoms with E-state index in [0.717, 1.165) is 36.3 Å². The monoisotopic (exact) mass is 483 g/mol. The van der Waals surface area contributed by atoms with Crippen molar-refractivity contribution < 1.29 is 9.59 Å². The molecular formula is C27H29N7O2. The van der Waals surface area contributed by atoms with Crippen molar-refractivity contribution in [2.45, 2.75) is 19.5 Å². The quantitative estimate of drug-likeness (QED) is 0.430. The van der Waals surface area contributed by atoms with E-state index in [9.17, 15) is 9.59 Å². The van der Waals surface area contributed by atoms with Gasteiger partial charge in [0.15, 0.2) is 5.84 Å². The number of nitrogens with one attached hydrogen (secondary N) is 4. The molecular weight excluding hydrogens is 454 g/mol. The van der Waals surface area contributed by atoms with E-state index < -0.39 is 0 Å². The SMILES string of the molecule is CN1CCc2ccc(NC(=O)c3cccc(CNC(=O)c4cccc(C5=NNN(C)N5)c4)c3)cc2C1. The van der Waals surface area contributed by atoms with E-state index in [1.807, 2.05) is 30.3 Å². The molecule has 0 spiro atoms. The number of carbonyl (C=O) groups excluding carboxylic acids is 2. The van der Waals surface area contributed by atoms with E-state index in [1.165, 1.54) is 11.1 Å². The maximum Gasteiger partial charge on any atom is 0.255 e. The molecule has 0 aliphatic carbocycles. The van der Waals surface area contributed by atoms with Crippen molar-refractivity contribution >= 4 is 23.3 Å². The van der Waals surface area contributed by atoms with Gasteiger partial charge >= 0.3 is 0 Å². The molecule has 2 amide bonds. The molecule has 0 saturated heterocycles. The highest BCUT2D eigenvalue weighted by Crippen LogP contribution is 2.22. The van der Waals surface area contributed by atoms with Gasteiger partial charge in [-0.15, -0.1) is 10.2 Å². The highest BCUT2D eigenvalue weighted by Gasteiger charge is 2.16. The van der Waals surface area contributed by atoms with E-state index in [2.05, 4.69) is 50.8 Å². The van der Waals surface area contributed by atoms with Gasteiger partial charge in [0.2, 0.25) is 0 Å². The molecule has 0 aromatic heterocycles. The van der Waals surface area contributed by atoms with Crippen LogP contribution in [0.4, 0.5) is 5.69 Å². The third-order valence-corrected chi connectivity index (χ3v) is 6.29. The van der Waals surface area contributed by atoms with Crippen LogP contribution >= 0.6 is 0 Å². The van der Waals surface area contributed by atoms with Crippen molar-refractivity contribution in [3.63, 3.8) is 0 Å². The third-order valence-electron chi connectivity index (χ3n) is 6.29. The smallest absolute Gasteiger partial charge is 0.255 e. The molecule has 3 aromatic rings. The zero-order chi connectivity index (χ0) is 25.1. The second-order valence-electron chi connectivity index (χ2n) is 9.12. The zero-order valence-corrected chi connectivity index (χ0v) is 20.3. The van der Waals surface area contributed by atoms with E-state index >= 15 is 0 Å². The van der Waals surface area contributed by atoms with Crippen LogP contribution in [0.25, 0.3) is 0 Å². The van der Waals surface area contributed by atoms with Gasteiger partial charge in [0, 0.05) is 49.1 Å². The predicted molar refractivity (Wildman–Crippen MR) is 139 cm³/mol. The van der Waals surface area contributed by atoms with Gasteiger partial charge in [-0.2, -0.15) is 0 Å². The maximum absolute atomic E-state index is 12.9. The first kappa shape index (κ1) is 23.5. The Balaban J connectivity index is 1.21. The first-order valence-electron chi connectivity index (χ1n) is 11.9. The highest BCUT2D eigenvalue weighted by atomic mass is 16.2. The normalized spacial score (nSPS) is 15.3. The molecule has 9 heteroatoms. The fraction of sp³-hybridized carbons (Fsp3) is 0.222. The van der Waals surface area contributed by atoms with Crippen LogP contribution in [0.15, 0.2) is 71.8 Å². The molecule has 0 radical (unpaired) electrons. The van der Waals surface area contributed by atoms with Gasteiger partial charge in [0.05, 0.1) is 0 Å². The Hall–Kier alpha value is -4.21. The van der Waals surface area contributed by atoms with Crippen LogP contribution in [-0.4, -0.2) is 48.3 Å². The Kier molecular flexibility index (Phi) is 6.66. The van der Waals surface area contributed by atoms with Gasteiger partial charge in [-0.05, 0) is 66.6 Å². The van der Waals surface area contributed by atoms with Gasteiger partial charge in [0.1, 0.15) is 0 Å². The largest absolute Gasteiger partial charge is 0.348 e. The Morgan fingerprint density at radius 1 is 0.944 bits per heavy atom. The second-order valence-corrected chi connectivity index (χ2v) is 9.12. The number of rotatable bonds is 6. The van der Waals surface area contributed by atoms with Crippen LogP contribution in [0, 0.1) is 0 Å². The predicted octanol–water partition coefficient (Wildman–Crippen LogP) is 2.47. The number of hydrazine groups is 2. The lowest BCUT2D eigenvalue weighted by Crippen LogP contribution is -2.37. The van der Waals surface area contributed by atoms with Crippen molar-refractivity contribution in [3.05, 3.63) is 100 Å². The molecule has 5 rings (SSSR count). The minimum absolute atomic E-state index is 0.177. The number of amides is 2. The number of likely N-dealkylation sites (N-methyl/N-ethyl adjacent to an activating group) is 1. The topological polar surface area (TPSA) is 101 Å². The summed E-state index contributed by atoms with van der Waals surface area (Å²) < 4.78 is 0. The number of amidine groups is 1. The van der Waals surface area contributed by atoms with E-state index in [0.29, 0.717) is 23.5 Å². The molecule has 2 aliphatic rings. The van der Waals surface area contributed by atoms with Gasteiger partial charge in [-0.1, -0.05) is 30.3 Å². The Labute approximate surface area is 210 Å². The molecule has 2 aliphatic heterocycles. The summed E-state index contributed by atoms with van der Waals surface area (Å²) in [6.45, 7) is 2.24. The first-order chi connectivity index (χ1) is 17.4. The van der Waals surface area contributed by atoms with Crippen molar-refractivity contribution in [2.75, 3.05) is 26.0 Å². The Morgan fingerprint density at radius 2 is 1.75 bits per heavy atom. The number of hydrazone groups is 1. The zero-order valence-electron chi connectivity index (χ0n) is 20.3. The molecule has 0 unspecified atom stereocenters. The molecule has 4 N–H and O–H groups in total. The summed E-state index contributed by atoms with van der Waals surface area (Å²) in [6.07, 6.45) is 1.03. The molecule has 3 aromatic carbocycles. The van der Waals surface area contributed by atoms with Crippen LogP contribution in [0.3, 0.4) is 0 Å². The van der Waals surface area contributed by atoms with Crippen LogP contribution in [0.1, 0.15) is 43.0 Å². The van der Waals surface area contributed by atoms with Gasteiger partial charge in [-0.3, -0.25) is 15.0 Å². The van der Waals surface area contributed by atoms with E-state index in [4.69, 9.17) is 0 Å². The lowest BCUT2D eigenvalue weighted by molar-refractivity contribution is 0.0950. The molecule has 2 heterocycles. The van der Waals surface area contributed by atoms with Gasteiger partial charge < -0.3 is 15.5 Å². The summed E-state index contributed by atoms with van der Waals surface area (Å²) in [5.74, 6) is 0.255. The molecule has 0 atom stereocenters. The molecule has 36 heavy (non-hydrogen) atoms. The first-order valence-corrected chi connectivity index (χ1v) is 11.9. The summed E-state index contributed by atoms with van der Waals surface area (Å²) >= 11 is 0. The van der Waals surface area contributed by atoms with Crippen LogP contribution < -0.4 is 21.6 Å². The number of benzene rings is 3. The average molecular weight is 484 g/mol. The third kappa shape index (κ3) is 5.37. The van der Waals surface area contributed by atoms with Crippen molar-refractivity contribution in [3.8, 4) is 0 Å². The minimum Gasteiger partial charge on any atom is -0.348 e. The summed E-state index contributed by atoms with van der Waals surface area (Å²) in [5.41, 5.74) is 11.9. The molecule has 184 valence electrons. The summed E-state index contributed by atoms with van der Waals surface area (Å²) in [4.78, 5) is 28.0. The molecule has 9 nitrogen and oxygen atoms in total. The van der Waals surface area contributed by atoms with Crippen LogP contribution in [0.2, 0.25) is 0 Å². The molecule has 0 saturated carbocycles. The summed E-state index contributed by atoms with van der Waals surface area (Å²) in [7, 11) is 3.90. The standard InChI is InChI=1S/C27H29N7O2/c1-33-12-11-19-9-10-24(15-23(19)17-33)29-27(36)21-7-3-5-18(13-21)16-28-26(35)22-8-4-6-20(14-22)25-30-32-34(2)31-25/h3-10,13-15,32H,11-12,16-17H2,1-2H3,(H,28,35)(H,29,36)(H,30,31). The number of fused-ring (bicyclic) bond motifs is 1. The number of anilines is 1. The lowest BCUT2D eigenvalue weighted by atomic mass is 9.99. The number of hydrogen-bond donors (Lipinski definition) is 4. The summed E-state index contributed by atoms with van der Waals surface area (Å²) in [6, 6.07) is 20.6. The number of nitrogens with zero attached hydrogens (tertiary/aromatic N) is 3. The Bertz CT molecular complexity index is 1340. The van der Waals surface area contributed by atoms with Crippen LogP contribution in [-0.2, 0) is 19.5 Å². The van der Waals surface area contributed by atoms with Gasteiger partial charge in [-0.25, -0.2) is 5.53 Å². The minimum atomic E-state index is -0.203. The molecule has 0 fully saturated rings. The molecule has 0 bridgehead atoms. The number of carbonyl (C=O) groups is 2. The van der Waals surface area contributed by atoms with Crippen molar-refractivity contribution in [2.24, 2.45) is 5.10 Å².